The topological polar surface area (TPSA) is 29.3 Å². The molecule has 0 atom stereocenters. The Balaban J connectivity index is 1.68. The fourth-order valence-corrected chi connectivity index (χ4v) is 3.34. The van der Waals surface area contributed by atoms with Crippen LogP contribution in [0, 0.1) is 5.92 Å². The molecule has 106 valence electrons. The number of likely N-dealkylation sites (tertiary alicyclic amines) is 1. The first-order valence-corrected chi connectivity index (χ1v) is 7.76. The second-order valence-corrected chi connectivity index (χ2v) is 5.94. The Hall–Kier alpha value is -1.38. The Morgan fingerprint density at radius 2 is 1.75 bits per heavy atom. The number of hydrogen-bond acceptors (Lipinski definition) is 2. The minimum atomic E-state index is 0.841. The monoisotopic (exact) mass is 268 g/mol. The molecule has 0 saturated carbocycles. The zero-order chi connectivity index (χ0) is 13.8. The van der Waals surface area contributed by atoms with E-state index in [9.17, 15) is 0 Å². The van der Waals surface area contributed by atoms with Gasteiger partial charge in [0.1, 0.15) is 0 Å². The molecule has 0 spiro atoms. The molecule has 1 aliphatic heterocycles. The van der Waals surface area contributed by atoms with Gasteiger partial charge < -0.3 is 5.73 Å². The molecule has 1 aliphatic rings. The summed E-state index contributed by atoms with van der Waals surface area (Å²) in [5.41, 5.74) is 7.12. The van der Waals surface area contributed by atoms with E-state index in [4.69, 9.17) is 5.73 Å². The van der Waals surface area contributed by atoms with E-state index >= 15 is 0 Å². The summed E-state index contributed by atoms with van der Waals surface area (Å²) in [6, 6.07) is 15.3. The Kier molecular flexibility index (Phi) is 4.34. The summed E-state index contributed by atoms with van der Waals surface area (Å²) >= 11 is 0. The third-order valence-electron chi connectivity index (χ3n) is 4.56. The highest BCUT2D eigenvalue weighted by molar-refractivity contribution is 5.85. The van der Waals surface area contributed by atoms with E-state index in [0.717, 1.165) is 19.0 Å². The van der Waals surface area contributed by atoms with Gasteiger partial charge in [0.2, 0.25) is 0 Å². The van der Waals surface area contributed by atoms with Crippen molar-refractivity contribution in [1.82, 2.24) is 4.90 Å². The van der Waals surface area contributed by atoms with Crippen molar-refractivity contribution < 1.29 is 0 Å². The minimum absolute atomic E-state index is 0.841. The number of nitrogens with two attached hydrogens (primary N) is 1. The molecule has 2 N–H and O–H groups in total. The van der Waals surface area contributed by atoms with Crippen LogP contribution in [-0.4, -0.2) is 24.5 Å². The fourth-order valence-electron chi connectivity index (χ4n) is 3.34. The zero-order valence-corrected chi connectivity index (χ0v) is 12.1. The second-order valence-electron chi connectivity index (χ2n) is 5.94. The number of benzene rings is 2. The first kappa shape index (κ1) is 13.6. The van der Waals surface area contributed by atoms with E-state index in [1.165, 1.54) is 48.7 Å². The Bertz CT molecular complexity index is 551. The highest BCUT2D eigenvalue weighted by atomic mass is 15.1. The molecule has 0 bridgehead atoms. The van der Waals surface area contributed by atoms with Crippen LogP contribution in [0.5, 0.6) is 0 Å². The molecule has 0 amide bonds. The maximum atomic E-state index is 5.67. The molecule has 20 heavy (non-hydrogen) atoms. The van der Waals surface area contributed by atoms with Crippen molar-refractivity contribution in [2.75, 3.05) is 19.6 Å². The highest BCUT2D eigenvalue weighted by Crippen LogP contribution is 2.24. The van der Waals surface area contributed by atoms with Crippen molar-refractivity contribution in [3.8, 4) is 0 Å². The molecule has 2 aromatic rings. The van der Waals surface area contributed by atoms with E-state index in [1.54, 1.807) is 0 Å². The van der Waals surface area contributed by atoms with Gasteiger partial charge in [0.25, 0.3) is 0 Å². The zero-order valence-electron chi connectivity index (χ0n) is 12.1. The minimum Gasteiger partial charge on any atom is -0.330 e. The molecule has 2 heteroatoms. The molecule has 0 unspecified atom stereocenters. The molecule has 3 rings (SSSR count). The summed E-state index contributed by atoms with van der Waals surface area (Å²) in [7, 11) is 0. The molecule has 1 heterocycles. The summed E-state index contributed by atoms with van der Waals surface area (Å²) in [5, 5.41) is 2.75. The lowest BCUT2D eigenvalue weighted by Crippen LogP contribution is -2.33. The average Bonchev–Trinajstić information content (AvgIpc) is 2.50. The van der Waals surface area contributed by atoms with Crippen LogP contribution in [0.25, 0.3) is 10.8 Å². The second kappa shape index (κ2) is 6.38. The van der Waals surface area contributed by atoms with Crippen LogP contribution >= 0.6 is 0 Å². The largest absolute Gasteiger partial charge is 0.330 e. The summed E-state index contributed by atoms with van der Waals surface area (Å²) < 4.78 is 0. The van der Waals surface area contributed by atoms with Crippen LogP contribution in [0.2, 0.25) is 0 Å². The van der Waals surface area contributed by atoms with Crippen molar-refractivity contribution in [2.24, 2.45) is 11.7 Å². The van der Waals surface area contributed by atoms with Gasteiger partial charge in [-0.3, -0.25) is 4.90 Å². The molecule has 2 nitrogen and oxygen atoms in total. The predicted molar refractivity (Wildman–Crippen MR) is 85.6 cm³/mol. The Morgan fingerprint density at radius 1 is 1.00 bits per heavy atom. The van der Waals surface area contributed by atoms with Crippen molar-refractivity contribution in [1.29, 1.82) is 0 Å². The van der Waals surface area contributed by atoms with E-state index in [1.807, 2.05) is 0 Å². The highest BCUT2D eigenvalue weighted by Gasteiger charge is 2.18. The maximum absolute atomic E-state index is 5.67. The normalized spacial score (nSPS) is 17.6. The van der Waals surface area contributed by atoms with Gasteiger partial charge in [0, 0.05) is 6.54 Å². The summed E-state index contributed by atoms with van der Waals surface area (Å²) in [4.78, 5) is 2.59. The molecule has 1 saturated heterocycles. The van der Waals surface area contributed by atoms with Crippen molar-refractivity contribution >= 4 is 10.8 Å². The lowest BCUT2D eigenvalue weighted by atomic mass is 9.93. The smallest absolute Gasteiger partial charge is 0.0239 e. The van der Waals surface area contributed by atoms with Gasteiger partial charge in [-0.05, 0) is 61.2 Å². The van der Waals surface area contributed by atoms with Crippen LogP contribution in [0.15, 0.2) is 42.5 Å². The van der Waals surface area contributed by atoms with Crippen molar-refractivity contribution in [3.63, 3.8) is 0 Å². The molecular weight excluding hydrogens is 244 g/mol. The molecule has 0 aliphatic carbocycles. The average molecular weight is 268 g/mol. The molecule has 1 fully saturated rings. The third-order valence-corrected chi connectivity index (χ3v) is 4.56. The maximum Gasteiger partial charge on any atom is 0.0239 e. The van der Waals surface area contributed by atoms with Gasteiger partial charge in [-0.25, -0.2) is 0 Å². The fraction of sp³-hybridized carbons (Fsp3) is 0.444. The van der Waals surface area contributed by atoms with E-state index in [2.05, 4.69) is 47.4 Å². The lowest BCUT2D eigenvalue weighted by Gasteiger charge is -2.32. The molecule has 0 aromatic heterocycles. The van der Waals surface area contributed by atoms with Gasteiger partial charge in [-0.2, -0.15) is 0 Å². The first-order chi connectivity index (χ1) is 9.86. The number of rotatable bonds is 4. The quantitative estimate of drug-likeness (QED) is 0.921. The number of hydrogen-bond donors (Lipinski definition) is 1. The van der Waals surface area contributed by atoms with Crippen LogP contribution < -0.4 is 5.73 Å². The SMILES string of the molecule is NCCC1CCN(Cc2cccc3ccccc23)CC1. The van der Waals surface area contributed by atoms with Crippen LogP contribution in [0.1, 0.15) is 24.8 Å². The third kappa shape index (κ3) is 3.02. The number of fused-ring (bicyclic) bond motifs is 1. The van der Waals surface area contributed by atoms with E-state index < -0.39 is 0 Å². The van der Waals surface area contributed by atoms with Gasteiger partial charge in [-0.15, -0.1) is 0 Å². The van der Waals surface area contributed by atoms with E-state index in [0.29, 0.717) is 0 Å². The molecule has 0 radical (unpaired) electrons. The summed E-state index contributed by atoms with van der Waals surface area (Å²) in [5.74, 6) is 0.851. The van der Waals surface area contributed by atoms with Crippen LogP contribution in [0.4, 0.5) is 0 Å². The van der Waals surface area contributed by atoms with Gasteiger partial charge in [-0.1, -0.05) is 42.5 Å². The molecular formula is C18H24N2. The lowest BCUT2D eigenvalue weighted by molar-refractivity contribution is 0.174. The van der Waals surface area contributed by atoms with Crippen molar-refractivity contribution in [3.05, 3.63) is 48.0 Å². The van der Waals surface area contributed by atoms with Crippen LogP contribution in [0.3, 0.4) is 0 Å². The van der Waals surface area contributed by atoms with Crippen LogP contribution in [-0.2, 0) is 6.54 Å². The summed E-state index contributed by atoms with van der Waals surface area (Å²) in [6.45, 7) is 4.35. The van der Waals surface area contributed by atoms with Crippen molar-refractivity contribution in [2.45, 2.75) is 25.8 Å². The molecule has 2 aromatic carbocycles. The standard InChI is InChI=1S/C18H24N2/c19-11-8-15-9-12-20(13-10-15)14-17-6-3-5-16-4-1-2-7-18(16)17/h1-7,15H,8-14,19H2. The Morgan fingerprint density at radius 3 is 2.55 bits per heavy atom. The van der Waals surface area contributed by atoms with E-state index in [-0.39, 0.29) is 0 Å². The Labute approximate surface area is 121 Å². The first-order valence-electron chi connectivity index (χ1n) is 7.76. The summed E-state index contributed by atoms with van der Waals surface area (Å²) in [6.07, 6.45) is 3.81. The number of nitrogens with zero attached hydrogens (tertiary/aromatic N) is 1. The predicted octanol–water partition coefficient (Wildman–Crippen LogP) is 3.40. The van der Waals surface area contributed by atoms with Gasteiger partial charge in [0.15, 0.2) is 0 Å². The van der Waals surface area contributed by atoms with Gasteiger partial charge in [0.05, 0.1) is 0 Å². The van der Waals surface area contributed by atoms with Gasteiger partial charge >= 0.3 is 0 Å². The number of piperidine rings is 1.